The molecule has 0 spiro atoms. The van der Waals surface area contributed by atoms with Gasteiger partial charge in [-0.05, 0) is 13.8 Å². The lowest BCUT2D eigenvalue weighted by molar-refractivity contribution is -0.145. The van der Waals surface area contributed by atoms with E-state index in [1.54, 1.807) is 20.8 Å². The van der Waals surface area contributed by atoms with Crippen molar-refractivity contribution in [3.05, 3.63) is 11.4 Å². The van der Waals surface area contributed by atoms with Crippen LogP contribution in [0.1, 0.15) is 25.2 Å². The van der Waals surface area contributed by atoms with Gasteiger partial charge in [0.1, 0.15) is 0 Å². The summed E-state index contributed by atoms with van der Waals surface area (Å²) in [6.45, 7) is 6.54. The quantitative estimate of drug-likeness (QED) is 0.820. The van der Waals surface area contributed by atoms with Crippen molar-refractivity contribution in [2.45, 2.75) is 27.7 Å². The lowest BCUT2D eigenvalue weighted by atomic mass is 9.95. The first-order chi connectivity index (χ1) is 8.32. The van der Waals surface area contributed by atoms with Crippen LogP contribution in [0.3, 0.4) is 0 Å². The zero-order valence-corrected chi connectivity index (χ0v) is 10.8. The number of nitrogens with one attached hydrogen (secondary N) is 1. The number of hydrogen-bond acceptors (Lipinski definition) is 5. The van der Waals surface area contributed by atoms with Crippen molar-refractivity contribution in [2.24, 2.45) is 11.8 Å². The third-order valence-electron chi connectivity index (χ3n) is 2.88. The minimum absolute atomic E-state index is 0.0903. The van der Waals surface area contributed by atoms with Crippen LogP contribution < -0.4 is 5.32 Å². The summed E-state index contributed by atoms with van der Waals surface area (Å²) in [7, 11) is 0. The number of nitrogens with zero attached hydrogens (tertiary/aromatic N) is 3. The summed E-state index contributed by atoms with van der Waals surface area (Å²) in [6, 6.07) is 0. The lowest BCUT2D eigenvalue weighted by Gasteiger charge is -2.14. The Morgan fingerprint density at radius 1 is 1.11 bits per heavy atom. The maximum atomic E-state index is 11.8. The van der Waals surface area contributed by atoms with Crippen molar-refractivity contribution in [3.8, 4) is 0 Å². The van der Waals surface area contributed by atoms with Gasteiger partial charge in [0.25, 0.3) is 0 Å². The molecular formula is C11H16N4O3. The van der Waals surface area contributed by atoms with Crippen molar-refractivity contribution in [2.75, 3.05) is 5.32 Å². The van der Waals surface area contributed by atoms with Gasteiger partial charge in [0.15, 0.2) is 0 Å². The lowest BCUT2D eigenvalue weighted by Crippen LogP contribution is -2.30. The van der Waals surface area contributed by atoms with Gasteiger partial charge in [0, 0.05) is 5.92 Å². The predicted molar refractivity (Wildman–Crippen MR) is 63.9 cm³/mol. The monoisotopic (exact) mass is 252 g/mol. The molecule has 0 fully saturated rings. The maximum Gasteiger partial charge on any atom is 0.307 e. The molecule has 0 saturated heterocycles. The number of hydrogen-bond donors (Lipinski definition) is 2. The van der Waals surface area contributed by atoms with Gasteiger partial charge in [-0.15, -0.1) is 5.10 Å². The van der Waals surface area contributed by atoms with Crippen molar-refractivity contribution in [1.29, 1.82) is 0 Å². The number of carbonyl (C=O) groups is 2. The largest absolute Gasteiger partial charge is 0.481 e. The third-order valence-corrected chi connectivity index (χ3v) is 2.88. The Hall–Kier alpha value is -2.05. The van der Waals surface area contributed by atoms with Crippen LogP contribution in [-0.2, 0) is 9.59 Å². The summed E-state index contributed by atoms with van der Waals surface area (Å²) >= 11 is 0. The second-order valence-corrected chi connectivity index (χ2v) is 4.21. The van der Waals surface area contributed by atoms with Gasteiger partial charge < -0.3 is 5.11 Å². The van der Waals surface area contributed by atoms with Crippen LogP contribution in [0.2, 0.25) is 0 Å². The summed E-state index contributed by atoms with van der Waals surface area (Å²) < 4.78 is 0. The minimum Gasteiger partial charge on any atom is -0.481 e. The number of amides is 1. The van der Waals surface area contributed by atoms with Crippen LogP contribution >= 0.6 is 0 Å². The molecule has 2 atom stereocenters. The van der Waals surface area contributed by atoms with Crippen molar-refractivity contribution in [1.82, 2.24) is 15.2 Å². The fourth-order valence-corrected chi connectivity index (χ4v) is 1.17. The number of aryl methyl sites for hydroxylation is 2. The first kappa shape index (κ1) is 14.0. The molecule has 2 unspecified atom stereocenters. The highest BCUT2D eigenvalue weighted by molar-refractivity contribution is 5.93. The standard InChI is InChI=1S/C11H16N4O3/c1-5(6(2)10(17)18)9(16)13-11-12-7(3)8(4)14-15-11/h5-6H,1-4H3,(H,17,18)(H,12,13,15,16). The molecule has 0 aliphatic rings. The highest BCUT2D eigenvalue weighted by Gasteiger charge is 2.26. The fraction of sp³-hybridized carbons (Fsp3) is 0.545. The first-order valence-electron chi connectivity index (χ1n) is 5.54. The van der Waals surface area contributed by atoms with Gasteiger partial charge in [-0.25, -0.2) is 4.98 Å². The van der Waals surface area contributed by atoms with E-state index >= 15 is 0 Å². The number of aromatic nitrogens is 3. The zero-order valence-electron chi connectivity index (χ0n) is 10.8. The van der Waals surface area contributed by atoms with Gasteiger partial charge in [0.2, 0.25) is 11.9 Å². The van der Waals surface area contributed by atoms with Gasteiger partial charge in [-0.1, -0.05) is 13.8 Å². The molecule has 0 saturated carbocycles. The molecule has 1 aromatic rings. The van der Waals surface area contributed by atoms with Crippen LogP contribution in [0.5, 0.6) is 0 Å². The summed E-state index contributed by atoms with van der Waals surface area (Å²) in [5.74, 6) is -2.81. The van der Waals surface area contributed by atoms with Crippen molar-refractivity contribution >= 4 is 17.8 Å². The van der Waals surface area contributed by atoms with Crippen LogP contribution in [0.25, 0.3) is 0 Å². The highest BCUT2D eigenvalue weighted by Crippen LogP contribution is 2.13. The normalized spacial score (nSPS) is 13.8. The Kier molecular flexibility index (Phi) is 4.30. The van der Waals surface area contributed by atoms with E-state index in [0.29, 0.717) is 11.4 Å². The molecule has 0 aliphatic heterocycles. The number of carboxylic acids is 1. The average Bonchev–Trinajstić information content (AvgIpc) is 2.31. The van der Waals surface area contributed by atoms with E-state index in [2.05, 4.69) is 20.5 Å². The molecule has 98 valence electrons. The second kappa shape index (κ2) is 5.52. The topological polar surface area (TPSA) is 105 Å². The fourth-order valence-electron chi connectivity index (χ4n) is 1.17. The van der Waals surface area contributed by atoms with E-state index in [1.165, 1.54) is 6.92 Å². The molecule has 7 nitrogen and oxygen atoms in total. The molecule has 7 heteroatoms. The van der Waals surface area contributed by atoms with E-state index < -0.39 is 23.7 Å². The number of rotatable bonds is 4. The highest BCUT2D eigenvalue weighted by atomic mass is 16.4. The molecular weight excluding hydrogens is 236 g/mol. The van der Waals surface area contributed by atoms with E-state index in [0.717, 1.165) is 0 Å². The Bertz CT molecular complexity index is 475. The number of carboxylic acid groups (broad SMARTS) is 1. The predicted octanol–water partition coefficient (Wildman–Crippen LogP) is 0.784. The zero-order chi connectivity index (χ0) is 13.9. The molecule has 0 aromatic carbocycles. The summed E-state index contributed by atoms with van der Waals surface area (Å²) in [6.07, 6.45) is 0. The Balaban J connectivity index is 2.75. The molecule has 1 heterocycles. The SMILES string of the molecule is Cc1nnc(NC(=O)C(C)C(C)C(=O)O)nc1C. The molecule has 0 aliphatic carbocycles. The second-order valence-electron chi connectivity index (χ2n) is 4.21. The Labute approximate surface area is 105 Å². The van der Waals surface area contributed by atoms with Crippen LogP contribution in [0.15, 0.2) is 0 Å². The molecule has 0 bridgehead atoms. The number of anilines is 1. The maximum absolute atomic E-state index is 11.8. The third kappa shape index (κ3) is 3.22. The number of carbonyl (C=O) groups excluding carboxylic acids is 1. The van der Waals surface area contributed by atoms with Gasteiger partial charge in [-0.2, -0.15) is 5.10 Å². The first-order valence-corrected chi connectivity index (χ1v) is 5.54. The van der Waals surface area contributed by atoms with Crippen molar-refractivity contribution in [3.63, 3.8) is 0 Å². The average molecular weight is 252 g/mol. The van der Waals surface area contributed by atoms with Crippen LogP contribution in [0.4, 0.5) is 5.95 Å². The Morgan fingerprint density at radius 2 is 1.72 bits per heavy atom. The molecule has 1 aromatic heterocycles. The Morgan fingerprint density at radius 3 is 2.22 bits per heavy atom. The minimum atomic E-state index is -1.02. The van der Waals surface area contributed by atoms with E-state index in [1.807, 2.05) is 0 Å². The van der Waals surface area contributed by atoms with Gasteiger partial charge in [0.05, 0.1) is 17.3 Å². The van der Waals surface area contributed by atoms with E-state index in [4.69, 9.17) is 5.11 Å². The molecule has 2 N–H and O–H groups in total. The molecule has 1 rings (SSSR count). The summed E-state index contributed by atoms with van der Waals surface area (Å²) in [5, 5.41) is 18.8. The summed E-state index contributed by atoms with van der Waals surface area (Å²) in [4.78, 5) is 26.6. The summed E-state index contributed by atoms with van der Waals surface area (Å²) in [5.41, 5.74) is 1.35. The van der Waals surface area contributed by atoms with Crippen LogP contribution in [-0.4, -0.2) is 32.2 Å². The van der Waals surface area contributed by atoms with Gasteiger partial charge in [-0.3, -0.25) is 14.9 Å². The van der Waals surface area contributed by atoms with Crippen molar-refractivity contribution < 1.29 is 14.7 Å². The smallest absolute Gasteiger partial charge is 0.307 e. The molecule has 1 amide bonds. The molecule has 18 heavy (non-hydrogen) atoms. The number of aliphatic carboxylic acids is 1. The molecule has 0 radical (unpaired) electrons. The van der Waals surface area contributed by atoms with E-state index in [9.17, 15) is 9.59 Å². The van der Waals surface area contributed by atoms with Gasteiger partial charge >= 0.3 is 5.97 Å². The van der Waals surface area contributed by atoms with Crippen LogP contribution in [0, 0.1) is 25.7 Å². The van der Waals surface area contributed by atoms with E-state index in [-0.39, 0.29) is 5.95 Å².